The van der Waals surface area contributed by atoms with Gasteiger partial charge in [0, 0.05) is 12.3 Å². The van der Waals surface area contributed by atoms with E-state index >= 15 is 0 Å². The van der Waals surface area contributed by atoms with Crippen molar-refractivity contribution >= 4 is 16.7 Å². The Morgan fingerprint density at radius 1 is 0.969 bits per heavy atom. The van der Waals surface area contributed by atoms with Gasteiger partial charge < -0.3 is 9.47 Å². The van der Waals surface area contributed by atoms with E-state index in [0.29, 0.717) is 34.0 Å². The van der Waals surface area contributed by atoms with Crippen molar-refractivity contribution < 1.29 is 13.9 Å². The van der Waals surface area contributed by atoms with E-state index in [1.807, 2.05) is 6.92 Å². The first-order valence-electron chi connectivity index (χ1n) is 9.77. The van der Waals surface area contributed by atoms with Crippen LogP contribution >= 0.6 is 0 Å². The number of aromatic nitrogens is 5. The van der Waals surface area contributed by atoms with Crippen molar-refractivity contribution in [2.75, 3.05) is 14.2 Å². The van der Waals surface area contributed by atoms with Crippen molar-refractivity contribution in [1.82, 2.24) is 24.4 Å². The topological polar surface area (TPSA) is 83.5 Å². The van der Waals surface area contributed by atoms with Gasteiger partial charge in [-0.2, -0.15) is 5.10 Å². The van der Waals surface area contributed by atoms with E-state index in [1.54, 1.807) is 54.2 Å². The predicted octanol–water partition coefficient (Wildman–Crippen LogP) is 3.56. The molecule has 0 bridgehead atoms. The van der Waals surface area contributed by atoms with Crippen molar-refractivity contribution in [3.63, 3.8) is 0 Å². The molecule has 5 aromatic rings. The zero-order valence-corrected chi connectivity index (χ0v) is 17.5. The molecule has 160 valence electrons. The number of aryl methyl sites for hydroxylation is 1. The summed E-state index contributed by atoms with van der Waals surface area (Å²) in [6.45, 7) is 1.84. The highest BCUT2D eigenvalue weighted by molar-refractivity contribution is 5.84. The Morgan fingerprint density at radius 3 is 2.47 bits per heavy atom. The second-order valence-corrected chi connectivity index (χ2v) is 7.17. The highest BCUT2D eigenvalue weighted by Crippen LogP contribution is 2.29. The fraction of sp³-hybridized carbons (Fsp3) is 0.130. The largest absolute Gasteiger partial charge is 0.497 e. The van der Waals surface area contributed by atoms with E-state index in [9.17, 15) is 9.18 Å². The minimum Gasteiger partial charge on any atom is -0.497 e. The number of ether oxygens (including phenoxy) is 2. The third kappa shape index (κ3) is 2.97. The lowest BCUT2D eigenvalue weighted by Crippen LogP contribution is -2.20. The number of halogens is 1. The zero-order chi connectivity index (χ0) is 22.4. The van der Waals surface area contributed by atoms with E-state index in [0.717, 1.165) is 11.1 Å². The van der Waals surface area contributed by atoms with Gasteiger partial charge in [-0.25, -0.2) is 8.91 Å². The van der Waals surface area contributed by atoms with Gasteiger partial charge in [0.2, 0.25) is 0 Å². The van der Waals surface area contributed by atoms with Crippen LogP contribution in [0.5, 0.6) is 11.5 Å². The molecule has 32 heavy (non-hydrogen) atoms. The number of hydrogen-bond acceptors (Lipinski definition) is 6. The number of benzene rings is 2. The average molecular weight is 431 g/mol. The SMILES string of the molecule is COc1ccc(-n2ccc3c(nnc4c(-c5ccc(F)cc5)c(C)nn43)c2=O)c(OC)c1. The van der Waals surface area contributed by atoms with Gasteiger partial charge in [-0.1, -0.05) is 12.1 Å². The van der Waals surface area contributed by atoms with Gasteiger partial charge in [0.15, 0.2) is 11.2 Å². The zero-order valence-electron chi connectivity index (χ0n) is 17.5. The van der Waals surface area contributed by atoms with Crippen LogP contribution in [0.3, 0.4) is 0 Å². The Balaban J connectivity index is 1.73. The Bertz CT molecular complexity index is 1540. The molecule has 0 radical (unpaired) electrons. The molecule has 3 heterocycles. The Kier molecular flexibility index (Phi) is 4.58. The minimum absolute atomic E-state index is 0.158. The van der Waals surface area contributed by atoms with Gasteiger partial charge in [0.25, 0.3) is 5.56 Å². The molecular weight excluding hydrogens is 413 g/mol. The lowest BCUT2D eigenvalue weighted by molar-refractivity contribution is 0.393. The normalized spacial score (nSPS) is 11.2. The molecule has 0 saturated heterocycles. The molecule has 0 N–H and O–H groups in total. The summed E-state index contributed by atoms with van der Waals surface area (Å²) in [5, 5.41) is 13.1. The number of methoxy groups -OCH3 is 2. The molecule has 0 spiro atoms. The summed E-state index contributed by atoms with van der Waals surface area (Å²) < 4.78 is 27.1. The summed E-state index contributed by atoms with van der Waals surface area (Å²) >= 11 is 0. The quantitative estimate of drug-likeness (QED) is 0.433. The van der Waals surface area contributed by atoms with Crippen LogP contribution in [0.1, 0.15) is 5.69 Å². The third-order valence-corrected chi connectivity index (χ3v) is 5.33. The summed E-state index contributed by atoms with van der Waals surface area (Å²) in [5.74, 6) is 0.767. The second-order valence-electron chi connectivity index (χ2n) is 7.17. The molecule has 9 heteroatoms. The van der Waals surface area contributed by atoms with Crippen LogP contribution < -0.4 is 15.0 Å². The fourth-order valence-electron chi connectivity index (χ4n) is 3.78. The van der Waals surface area contributed by atoms with Gasteiger partial charge in [0.05, 0.1) is 31.2 Å². The van der Waals surface area contributed by atoms with Gasteiger partial charge in [-0.15, -0.1) is 10.2 Å². The first kappa shape index (κ1) is 19.7. The molecular formula is C23H18FN5O3. The molecule has 0 atom stereocenters. The van der Waals surface area contributed by atoms with Crippen LogP contribution in [0.25, 0.3) is 33.5 Å². The molecule has 0 aliphatic carbocycles. The summed E-state index contributed by atoms with van der Waals surface area (Å²) in [4.78, 5) is 13.3. The van der Waals surface area contributed by atoms with Crippen molar-refractivity contribution in [3.05, 3.63) is 76.6 Å². The lowest BCUT2D eigenvalue weighted by Gasteiger charge is -2.13. The number of nitrogens with zero attached hydrogens (tertiary/aromatic N) is 5. The van der Waals surface area contributed by atoms with Gasteiger partial charge in [-0.05, 0) is 42.8 Å². The van der Waals surface area contributed by atoms with Gasteiger partial charge in [-0.3, -0.25) is 9.36 Å². The maximum atomic E-state index is 13.4. The van der Waals surface area contributed by atoms with E-state index in [2.05, 4.69) is 15.3 Å². The number of pyridine rings is 1. The van der Waals surface area contributed by atoms with Crippen molar-refractivity contribution in [2.24, 2.45) is 0 Å². The Hall–Kier alpha value is -4.27. The predicted molar refractivity (Wildman–Crippen MR) is 117 cm³/mol. The summed E-state index contributed by atoms with van der Waals surface area (Å²) in [7, 11) is 3.08. The van der Waals surface area contributed by atoms with Crippen LogP contribution in [0, 0.1) is 12.7 Å². The molecule has 3 aromatic heterocycles. The molecule has 0 amide bonds. The average Bonchev–Trinajstić information content (AvgIpc) is 3.15. The maximum Gasteiger partial charge on any atom is 0.285 e. The van der Waals surface area contributed by atoms with Crippen LogP contribution in [0.15, 0.2) is 59.5 Å². The van der Waals surface area contributed by atoms with Gasteiger partial charge >= 0.3 is 0 Å². The standard InChI is InChI=1S/C23H18FN5O3/c1-13-20(14-4-6-15(24)7-5-14)22-26-25-21-18(29(22)27-13)10-11-28(23(21)30)17-9-8-16(31-2)12-19(17)32-3/h4-12H,1-3H3. The Morgan fingerprint density at radius 2 is 1.75 bits per heavy atom. The highest BCUT2D eigenvalue weighted by atomic mass is 19.1. The van der Waals surface area contributed by atoms with Gasteiger partial charge in [0.1, 0.15) is 22.8 Å². The lowest BCUT2D eigenvalue weighted by atomic mass is 10.1. The summed E-state index contributed by atoms with van der Waals surface area (Å²) in [6.07, 6.45) is 1.64. The number of hydrogen-bond donors (Lipinski definition) is 0. The smallest absolute Gasteiger partial charge is 0.285 e. The molecule has 0 unspecified atom stereocenters. The summed E-state index contributed by atoms with van der Waals surface area (Å²) in [6, 6.07) is 13.0. The van der Waals surface area contributed by atoms with E-state index < -0.39 is 0 Å². The van der Waals surface area contributed by atoms with E-state index in [-0.39, 0.29) is 16.9 Å². The minimum atomic E-state index is -0.364. The number of fused-ring (bicyclic) bond motifs is 3. The molecule has 2 aromatic carbocycles. The van der Waals surface area contributed by atoms with Crippen LogP contribution in [0.4, 0.5) is 4.39 Å². The molecule has 0 aliphatic heterocycles. The van der Waals surface area contributed by atoms with E-state index in [1.165, 1.54) is 23.8 Å². The highest BCUT2D eigenvalue weighted by Gasteiger charge is 2.18. The van der Waals surface area contributed by atoms with Crippen LogP contribution in [-0.2, 0) is 0 Å². The monoisotopic (exact) mass is 431 g/mol. The van der Waals surface area contributed by atoms with E-state index in [4.69, 9.17) is 9.47 Å². The molecule has 8 nitrogen and oxygen atoms in total. The first-order chi connectivity index (χ1) is 15.5. The van der Waals surface area contributed by atoms with Crippen LogP contribution in [-0.4, -0.2) is 38.6 Å². The van der Waals surface area contributed by atoms with Crippen molar-refractivity contribution in [3.8, 4) is 28.3 Å². The summed E-state index contributed by atoms with van der Waals surface area (Å²) in [5.41, 5.74) is 3.54. The molecule has 5 rings (SSSR count). The van der Waals surface area contributed by atoms with Crippen molar-refractivity contribution in [2.45, 2.75) is 6.92 Å². The Labute approximate surface area is 181 Å². The fourth-order valence-corrected chi connectivity index (χ4v) is 3.78. The second kappa shape index (κ2) is 7.45. The maximum absolute atomic E-state index is 13.4. The molecule has 0 saturated carbocycles. The number of rotatable bonds is 4. The first-order valence-corrected chi connectivity index (χ1v) is 9.77. The van der Waals surface area contributed by atoms with Crippen LogP contribution in [0.2, 0.25) is 0 Å². The molecule has 0 fully saturated rings. The van der Waals surface area contributed by atoms with Crippen molar-refractivity contribution in [1.29, 1.82) is 0 Å². The third-order valence-electron chi connectivity index (χ3n) is 5.33. The molecule has 0 aliphatic rings.